The molecule has 2 amide bonds. The van der Waals surface area contributed by atoms with Gasteiger partial charge in [-0.05, 0) is 48.6 Å². The van der Waals surface area contributed by atoms with Crippen molar-refractivity contribution in [2.45, 2.75) is 23.8 Å². The van der Waals surface area contributed by atoms with Crippen molar-refractivity contribution in [3.05, 3.63) is 46.8 Å². The van der Waals surface area contributed by atoms with Gasteiger partial charge in [-0.15, -0.1) is 11.3 Å². The van der Waals surface area contributed by atoms with Crippen LogP contribution in [-0.2, 0) is 10.0 Å². The molecule has 1 aliphatic carbocycles. The number of rotatable bonds is 6. The summed E-state index contributed by atoms with van der Waals surface area (Å²) in [5.74, 6) is -1.06. The van der Waals surface area contributed by atoms with E-state index in [2.05, 4.69) is 5.32 Å². The number of primary amides is 1. The van der Waals surface area contributed by atoms with Crippen LogP contribution in [0.2, 0.25) is 0 Å². The van der Waals surface area contributed by atoms with Gasteiger partial charge in [0, 0.05) is 18.7 Å². The summed E-state index contributed by atoms with van der Waals surface area (Å²) in [5, 5.41) is 4.63. The van der Waals surface area contributed by atoms with Crippen molar-refractivity contribution >= 4 is 38.2 Å². The van der Waals surface area contributed by atoms with Crippen LogP contribution in [0.25, 0.3) is 0 Å². The molecule has 2 aromatic rings. The molecule has 0 atom stereocenters. The van der Waals surface area contributed by atoms with Crippen LogP contribution >= 0.6 is 11.3 Å². The van der Waals surface area contributed by atoms with Crippen LogP contribution in [0.1, 0.15) is 33.6 Å². The zero-order valence-corrected chi connectivity index (χ0v) is 15.1. The second-order valence-corrected chi connectivity index (χ2v) is 8.67. The Morgan fingerprint density at radius 2 is 1.84 bits per heavy atom. The molecule has 1 fully saturated rings. The molecular weight excluding hydrogens is 362 g/mol. The fraction of sp³-hybridized carbons (Fsp3) is 0.250. The van der Waals surface area contributed by atoms with Gasteiger partial charge in [0.05, 0.1) is 10.5 Å². The van der Waals surface area contributed by atoms with Gasteiger partial charge in [-0.3, -0.25) is 9.59 Å². The Labute approximate surface area is 149 Å². The molecule has 0 radical (unpaired) electrons. The summed E-state index contributed by atoms with van der Waals surface area (Å²) in [5.41, 5.74) is 5.77. The number of carbonyl (C=O) groups is 2. The second kappa shape index (κ2) is 6.58. The summed E-state index contributed by atoms with van der Waals surface area (Å²) in [7, 11) is -1.98. The van der Waals surface area contributed by atoms with E-state index in [1.165, 1.54) is 46.0 Å². The number of carbonyl (C=O) groups excluding carboxylic acids is 2. The highest BCUT2D eigenvalue weighted by Gasteiger charge is 2.35. The molecule has 0 unspecified atom stereocenters. The first-order chi connectivity index (χ1) is 11.8. The molecule has 0 bridgehead atoms. The minimum Gasteiger partial charge on any atom is -0.366 e. The third-order valence-electron chi connectivity index (χ3n) is 4.01. The van der Waals surface area contributed by atoms with E-state index in [-0.39, 0.29) is 22.1 Å². The highest BCUT2D eigenvalue weighted by molar-refractivity contribution is 7.89. The van der Waals surface area contributed by atoms with Gasteiger partial charge in [0.25, 0.3) is 11.8 Å². The molecule has 1 aromatic heterocycles. The molecule has 0 saturated heterocycles. The lowest BCUT2D eigenvalue weighted by molar-refractivity contribution is 0.100. The minimum absolute atomic E-state index is 0.0685. The summed E-state index contributed by atoms with van der Waals surface area (Å²) in [6.07, 6.45) is 1.75. The average Bonchev–Trinajstić information content (AvgIpc) is 3.33. The molecule has 1 heterocycles. The van der Waals surface area contributed by atoms with Crippen LogP contribution in [0, 0.1) is 0 Å². The molecule has 1 aromatic carbocycles. The Hall–Kier alpha value is -2.23. The van der Waals surface area contributed by atoms with Gasteiger partial charge >= 0.3 is 0 Å². The SMILES string of the molecule is CN(C1CC1)S(=O)(=O)c1ccc(C(=O)Nc2sccc2C(N)=O)cc1. The van der Waals surface area contributed by atoms with Gasteiger partial charge in [-0.25, -0.2) is 8.42 Å². The fourth-order valence-corrected chi connectivity index (χ4v) is 4.56. The van der Waals surface area contributed by atoms with E-state index in [4.69, 9.17) is 5.73 Å². The van der Waals surface area contributed by atoms with Crippen LogP contribution in [-0.4, -0.2) is 37.6 Å². The van der Waals surface area contributed by atoms with E-state index in [1.54, 1.807) is 12.4 Å². The molecule has 25 heavy (non-hydrogen) atoms. The Bertz CT molecular complexity index is 915. The highest BCUT2D eigenvalue weighted by Crippen LogP contribution is 2.30. The molecule has 3 rings (SSSR count). The van der Waals surface area contributed by atoms with Gasteiger partial charge < -0.3 is 11.1 Å². The van der Waals surface area contributed by atoms with E-state index < -0.39 is 21.8 Å². The zero-order valence-electron chi connectivity index (χ0n) is 13.4. The Morgan fingerprint density at radius 3 is 2.40 bits per heavy atom. The molecule has 9 heteroatoms. The van der Waals surface area contributed by atoms with Gasteiger partial charge in [0.2, 0.25) is 10.0 Å². The lowest BCUT2D eigenvalue weighted by Crippen LogP contribution is -2.29. The summed E-state index contributed by atoms with van der Waals surface area (Å²) in [4.78, 5) is 23.7. The van der Waals surface area contributed by atoms with Crippen LogP contribution < -0.4 is 11.1 Å². The third-order valence-corrected chi connectivity index (χ3v) is 6.77. The molecule has 7 nitrogen and oxygen atoms in total. The summed E-state index contributed by atoms with van der Waals surface area (Å²) < 4.78 is 26.3. The summed E-state index contributed by atoms with van der Waals surface area (Å²) in [6.45, 7) is 0. The van der Waals surface area contributed by atoms with Crippen molar-refractivity contribution in [2.75, 3.05) is 12.4 Å². The van der Waals surface area contributed by atoms with Crippen molar-refractivity contribution in [2.24, 2.45) is 5.73 Å². The molecule has 1 aliphatic rings. The number of thiophene rings is 1. The van der Waals surface area contributed by atoms with Crippen LogP contribution in [0.15, 0.2) is 40.6 Å². The number of nitrogens with one attached hydrogen (secondary N) is 1. The smallest absolute Gasteiger partial charge is 0.256 e. The first-order valence-corrected chi connectivity index (χ1v) is 9.89. The van der Waals surface area contributed by atoms with Gasteiger partial charge in [0.15, 0.2) is 0 Å². The molecule has 0 spiro atoms. The maximum atomic E-state index is 12.4. The molecule has 3 N–H and O–H groups in total. The Morgan fingerprint density at radius 1 is 1.20 bits per heavy atom. The quantitative estimate of drug-likeness (QED) is 0.798. The molecule has 132 valence electrons. The topological polar surface area (TPSA) is 110 Å². The summed E-state index contributed by atoms with van der Waals surface area (Å²) in [6, 6.07) is 7.31. The van der Waals surface area contributed by atoms with E-state index >= 15 is 0 Å². The largest absolute Gasteiger partial charge is 0.366 e. The highest BCUT2D eigenvalue weighted by atomic mass is 32.2. The maximum absolute atomic E-state index is 12.4. The number of nitrogens with zero attached hydrogens (tertiary/aromatic N) is 1. The molecular formula is C16H17N3O4S2. The van der Waals surface area contributed by atoms with Gasteiger partial charge in [-0.1, -0.05) is 0 Å². The number of hydrogen-bond donors (Lipinski definition) is 2. The standard InChI is InChI=1S/C16H17N3O4S2/c1-19(11-4-5-11)25(22,23)12-6-2-10(3-7-12)15(21)18-16-13(14(17)20)8-9-24-16/h2-3,6-9,11H,4-5H2,1H3,(H2,17,20)(H,18,21). The third kappa shape index (κ3) is 3.58. The van der Waals surface area contributed by atoms with Crippen LogP contribution in [0.4, 0.5) is 5.00 Å². The van der Waals surface area contributed by atoms with E-state index in [9.17, 15) is 18.0 Å². The second-order valence-electron chi connectivity index (χ2n) is 5.76. The van der Waals surface area contributed by atoms with Crippen molar-refractivity contribution in [3.63, 3.8) is 0 Å². The lowest BCUT2D eigenvalue weighted by atomic mass is 10.2. The van der Waals surface area contributed by atoms with E-state index in [1.807, 2.05) is 0 Å². The van der Waals surface area contributed by atoms with Crippen LogP contribution in [0.3, 0.4) is 0 Å². The van der Waals surface area contributed by atoms with Crippen molar-refractivity contribution in [1.29, 1.82) is 0 Å². The number of sulfonamides is 1. The molecule has 1 saturated carbocycles. The van der Waals surface area contributed by atoms with Gasteiger partial charge in [0.1, 0.15) is 5.00 Å². The van der Waals surface area contributed by atoms with E-state index in [0.29, 0.717) is 5.00 Å². The summed E-state index contributed by atoms with van der Waals surface area (Å²) >= 11 is 1.19. The fourth-order valence-electron chi connectivity index (χ4n) is 2.35. The number of benzene rings is 1. The van der Waals surface area contributed by atoms with Crippen molar-refractivity contribution in [1.82, 2.24) is 4.31 Å². The number of nitrogens with two attached hydrogens (primary N) is 1. The number of amides is 2. The average molecular weight is 379 g/mol. The zero-order chi connectivity index (χ0) is 18.2. The lowest BCUT2D eigenvalue weighted by Gasteiger charge is -2.16. The maximum Gasteiger partial charge on any atom is 0.256 e. The number of hydrogen-bond acceptors (Lipinski definition) is 5. The minimum atomic E-state index is -3.54. The predicted molar refractivity (Wildman–Crippen MR) is 95.2 cm³/mol. The Balaban J connectivity index is 1.77. The van der Waals surface area contributed by atoms with E-state index in [0.717, 1.165) is 12.8 Å². The first kappa shape index (κ1) is 17.6. The Kier molecular flexibility index (Phi) is 4.63. The number of anilines is 1. The van der Waals surface area contributed by atoms with Crippen molar-refractivity contribution < 1.29 is 18.0 Å². The van der Waals surface area contributed by atoms with Crippen molar-refractivity contribution in [3.8, 4) is 0 Å². The predicted octanol–water partition coefficient (Wildman–Crippen LogP) is 1.88. The van der Waals surface area contributed by atoms with Gasteiger partial charge in [-0.2, -0.15) is 4.31 Å². The normalized spacial score (nSPS) is 14.5. The molecule has 0 aliphatic heterocycles. The monoisotopic (exact) mass is 379 g/mol. The van der Waals surface area contributed by atoms with Crippen LogP contribution in [0.5, 0.6) is 0 Å². The first-order valence-electron chi connectivity index (χ1n) is 7.57.